The van der Waals surface area contributed by atoms with E-state index < -0.39 is 0 Å². The van der Waals surface area contributed by atoms with Gasteiger partial charge in [-0.25, -0.2) is 4.39 Å². The molecule has 5 heteroatoms. The van der Waals surface area contributed by atoms with Gasteiger partial charge in [-0.1, -0.05) is 13.0 Å². The Bertz CT molecular complexity index is 600. The third kappa shape index (κ3) is 3.22. The van der Waals surface area contributed by atoms with Gasteiger partial charge in [0.05, 0.1) is 16.9 Å². The first-order chi connectivity index (χ1) is 9.56. The van der Waals surface area contributed by atoms with Crippen LogP contribution in [0, 0.1) is 12.7 Å². The first kappa shape index (κ1) is 15.5. The van der Waals surface area contributed by atoms with Crippen LogP contribution in [0.1, 0.15) is 29.0 Å². The molecule has 0 aliphatic heterocycles. The first-order valence-corrected chi connectivity index (χ1v) is 8.00. The van der Waals surface area contributed by atoms with Crippen molar-refractivity contribution in [1.29, 1.82) is 0 Å². The molecule has 2 rings (SSSR count). The van der Waals surface area contributed by atoms with E-state index in [1.165, 1.54) is 23.6 Å². The SMILES string of the molecule is CCNC(c1ccc(F)c(OC)c1)c1cc(Br)sc1C. The molecule has 0 saturated heterocycles. The summed E-state index contributed by atoms with van der Waals surface area (Å²) in [4.78, 5) is 1.24. The zero-order chi connectivity index (χ0) is 14.7. The summed E-state index contributed by atoms with van der Waals surface area (Å²) in [6.07, 6.45) is 0. The molecule has 108 valence electrons. The van der Waals surface area contributed by atoms with Crippen LogP contribution >= 0.6 is 27.3 Å². The highest BCUT2D eigenvalue weighted by Gasteiger charge is 2.19. The Morgan fingerprint density at radius 1 is 1.40 bits per heavy atom. The van der Waals surface area contributed by atoms with Crippen molar-refractivity contribution < 1.29 is 9.13 Å². The van der Waals surface area contributed by atoms with Crippen molar-refractivity contribution >= 4 is 27.3 Å². The fourth-order valence-electron chi connectivity index (χ4n) is 2.21. The molecule has 1 aromatic carbocycles. The second kappa shape index (κ2) is 6.70. The number of hydrogen-bond donors (Lipinski definition) is 1. The standard InChI is InChI=1S/C15H17BrFNOS/c1-4-18-15(11-8-14(16)20-9(11)2)10-5-6-12(17)13(7-10)19-3/h5-8,15,18H,4H2,1-3H3. The Morgan fingerprint density at radius 3 is 2.70 bits per heavy atom. The lowest BCUT2D eigenvalue weighted by atomic mass is 9.99. The molecule has 0 aliphatic carbocycles. The van der Waals surface area contributed by atoms with E-state index >= 15 is 0 Å². The average Bonchev–Trinajstić information content (AvgIpc) is 2.75. The van der Waals surface area contributed by atoms with Gasteiger partial charge < -0.3 is 10.1 Å². The molecule has 1 atom stereocenters. The summed E-state index contributed by atoms with van der Waals surface area (Å²) in [5, 5.41) is 3.45. The van der Waals surface area contributed by atoms with Crippen LogP contribution in [0.15, 0.2) is 28.1 Å². The summed E-state index contributed by atoms with van der Waals surface area (Å²) in [6.45, 7) is 4.98. The molecule has 2 aromatic rings. The Hall–Kier alpha value is -0.910. The van der Waals surface area contributed by atoms with Crippen molar-refractivity contribution in [2.75, 3.05) is 13.7 Å². The third-order valence-electron chi connectivity index (χ3n) is 3.15. The van der Waals surface area contributed by atoms with E-state index in [0.717, 1.165) is 15.9 Å². The van der Waals surface area contributed by atoms with E-state index in [2.05, 4.69) is 41.2 Å². The minimum atomic E-state index is -0.338. The second-order valence-electron chi connectivity index (χ2n) is 4.45. The normalized spacial score (nSPS) is 12.4. The Kier molecular flexibility index (Phi) is 5.18. The van der Waals surface area contributed by atoms with Gasteiger partial charge in [0, 0.05) is 4.88 Å². The smallest absolute Gasteiger partial charge is 0.165 e. The van der Waals surface area contributed by atoms with Gasteiger partial charge in [-0.05, 0) is 58.7 Å². The van der Waals surface area contributed by atoms with E-state index in [0.29, 0.717) is 0 Å². The maximum absolute atomic E-state index is 13.6. The number of thiophene rings is 1. The maximum Gasteiger partial charge on any atom is 0.165 e. The zero-order valence-corrected chi connectivity index (χ0v) is 14.1. The fraction of sp³-hybridized carbons (Fsp3) is 0.333. The van der Waals surface area contributed by atoms with Crippen LogP contribution in [0.2, 0.25) is 0 Å². The number of methoxy groups -OCH3 is 1. The van der Waals surface area contributed by atoms with Gasteiger partial charge in [0.2, 0.25) is 0 Å². The van der Waals surface area contributed by atoms with E-state index in [1.54, 1.807) is 23.5 Å². The summed E-state index contributed by atoms with van der Waals surface area (Å²) < 4.78 is 19.7. The highest BCUT2D eigenvalue weighted by atomic mass is 79.9. The molecule has 0 bridgehead atoms. The summed E-state index contributed by atoms with van der Waals surface area (Å²) in [7, 11) is 1.48. The van der Waals surface area contributed by atoms with Gasteiger partial charge >= 0.3 is 0 Å². The second-order valence-corrected chi connectivity index (χ2v) is 7.08. The maximum atomic E-state index is 13.6. The summed E-state index contributed by atoms with van der Waals surface area (Å²) in [5.41, 5.74) is 2.20. The summed E-state index contributed by atoms with van der Waals surface area (Å²) in [5.74, 6) is -0.0629. The van der Waals surface area contributed by atoms with E-state index in [1.807, 2.05) is 0 Å². The lowest BCUT2D eigenvalue weighted by Crippen LogP contribution is -2.22. The van der Waals surface area contributed by atoms with Crippen LogP contribution in [0.25, 0.3) is 0 Å². The average molecular weight is 358 g/mol. The van der Waals surface area contributed by atoms with Crippen LogP contribution in [0.3, 0.4) is 0 Å². The molecule has 1 unspecified atom stereocenters. The monoisotopic (exact) mass is 357 g/mol. The van der Waals surface area contributed by atoms with Crippen LogP contribution in [-0.2, 0) is 0 Å². The molecule has 2 nitrogen and oxygen atoms in total. The van der Waals surface area contributed by atoms with Gasteiger partial charge in [0.1, 0.15) is 0 Å². The summed E-state index contributed by atoms with van der Waals surface area (Å²) in [6, 6.07) is 7.17. The van der Waals surface area contributed by atoms with Crippen molar-refractivity contribution in [2.24, 2.45) is 0 Å². The van der Waals surface area contributed by atoms with Crippen LogP contribution < -0.4 is 10.1 Å². The number of aryl methyl sites for hydroxylation is 1. The largest absolute Gasteiger partial charge is 0.494 e. The van der Waals surface area contributed by atoms with Gasteiger partial charge in [0.25, 0.3) is 0 Å². The molecule has 1 N–H and O–H groups in total. The van der Waals surface area contributed by atoms with Gasteiger partial charge in [0.15, 0.2) is 11.6 Å². The van der Waals surface area contributed by atoms with Gasteiger partial charge in [-0.2, -0.15) is 0 Å². The molecule has 1 aromatic heterocycles. The Balaban J connectivity index is 2.45. The highest BCUT2D eigenvalue weighted by molar-refractivity contribution is 9.11. The molecule has 0 spiro atoms. The fourth-order valence-corrected chi connectivity index (χ4v) is 3.96. The minimum Gasteiger partial charge on any atom is -0.494 e. The van der Waals surface area contributed by atoms with Gasteiger partial charge in [-0.3, -0.25) is 0 Å². The van der Waals surface area contributed by atoms with Gasteiger partial charge in [-0.15, -0.1) is 11.3 Å². The lowest BCUT2D eigenvalue weighted by molar-refractivity contribution is 0.385. The van der Waals surface area contributed by atoms with Crippen molar-refractivity contribution in [3.05, 3.63) is 49.9 Å². The molecule has 0 fully saturated rings. The molecule has 0 amide bonds. The number of nitrogens with one attached hydrogen (secondary N) is 1. The van der Waals surface area contributed by atoms with Crippen LogP contribution in [0.4, 0.5) is 4.39 Å². The predicted molar refractivity (Wildman–Crippen MR) is 85.2 cm³/mol. The van der Waals surface area contributed by atoms with E-state index in [9.17, 15) is 4.39 Å². The van der Waals surface area contributed by atoms with Crippen LogP contribution in [0.5, 0.6) is 5.75 Å². The minimum absolute atomic E-state index is 0.0389. The van der Waals surface area contributed by atoms with Crippen LogP contribution in [-0.4, -0.2) is 13.7 Å². The molecule has 0 saturated carbocycles. The number of halogens is 2. The number of ether oxygens (including phenoxy) is 1. The summed E-state index contributed by atoms with van der Waals surface area (Å²) >= 11 is 5.22. The predicted octanol–water partition coefficient (Wildman–Crippen LogP) is 4.67. The highest BCUT2D eigenvalue weighted by Crippen LogP contribution is 2.35. The topological polar surface area (TPSA) is 21.3 Å². The van der Waals surface area contributed by atoms with Crippen molar-refractivity contribution in [3.63, 3.8) is 0 Å². The Morgan fingerprint density at radius 2 is 2.15 bits per heavy atom. The number of rotatable bonds is 5. The zero-order valence-electron chi connectivity index (χ0n) is 11.7. The van der Waals surface area contributed by atoms with E-state index in [4.69, 9.17) is 4.74 Å². The van der Waals surface area contributed by atoms with Crippen molar-refractivity contribution in [3.8, 4) is 5.75 Å². The first-order valence-electron chi connectivity index (χ1n) is 6.39. The number of benzene rings is 1. The number of hydrogen-bond acceptors (Lipinski definition) is 3. The molecule has 0 aliphatic rings. The van der Waals surface area contributed by atoms with E-state index in [-0.39, 0.29) is 17.6 Å². The third-order valence-corrected chi connectivity index (χ3v) is 4.72. The molecule has 0 radical (unpaired) electrons. The lowest BCUT2D eigenvalue weighted by Gasteiger charge is -2.19. The molecule has 1 heterocycles. The Labute approximate surface area is 131 Å². The van der Waals surface area contributed by atoms with Crippen molar-refractivity contribution in [2.45, 2.75) is 19.9 Å². The molecule has 20 heavy (non-hydrogen) atoms. The molecular formula is C15H17BrFNOS. The van der Waals surface area contributed by atoms with Crippen molar-refractivity contribution in [1.82, 2.24) is 5.32 Å². The quantitative estimate of drug-likeness (QED) is 0.839. The molecular weight excluding hydrogens is 341 g/mol.